The van der Waals surface area contributed by atoms with Crippen LogP contribution >= 0.6 is 22.9 Å². The van der Waals surface area contributed by atoms with E-state index in [0.29, 0.717) is 15.9 Å². The molecule has 1 unspecified atom stereocenters. The molecule has 1 atom stereocenters. The first kappa shape index (κ1) is 12.8. The van der Waals surface area contributed by atoms with Gasteiger partial charge in [0, 0.05) is 5.92 Å². The molecule has 1 aliphatic heterocycles. The largest absolute Gasteiger partial charge is 0.290 e. The number of aliphatic imine (C=N–C) groups is 1. The maximum atomic E-state index is 12.1. The molecule has 5 nitrogen and oxygen atoms in total. The lowest BCUT2D eigenvalue weighted by molar-refractivity contribution is 0.512. The fourth-order valence-corrected chi connectivity index (χ4v) is 4.47. The van der Waals surface area contributed by atoms with Crippen LogP contribution in [0.3, 0.4) is 0 Å². The van der Waals surface area contributed by atoms with E-state index in [1.54, 1.807) is 6.07 Å². The number of hydrazine groups is 1. The third-order valence-corrected chi connectivity index (χ3v) is 5.97. The summed E-state index contributed by atoms with van der Waals surface area (Å²) in [5.41, 5.74) is 0.386. The summed E-state index contributed by atoms with van der Waals surface area (Å²) in [6.07, 6.45) is 0.759. The average Bonchev–Trinajstić information content (AvgIpc) is 2.65. The smallest absolute Gasteiger partial charge is 0.232 e. The molecular weight excluding hydrogens is 282 g/mol. The molecule has 17 heavy (non-hydrogen) atoms. The second-order valence-electron chi connectivity index (χ2n) is 3.80. The van der Waals surface area contributed by atoms with Gasteiger partial charge in [-0.3, -0.25) is 0 Å². The third kappa shape index (κ3) is 1.97. The van der Waals surface area contributed by atoms with E-state index in [9.17, 15) is 8.42 Å². The molecule has 0 amide bonds. The fraction of sp³-hybridized carbons (Fsp3) is 0.444. The van der Waals surface area contributed by atoms with Gasteiger partial charge < -0.3 is 0 Å². The Morgan fingerprint density at radius 3 is 2.88 bits per heavy atom. The van der Waals surface area contributed by atoms with Crippen LogP contribution in [-0.4, -0.2) is 18.7 Å². The molecule has 0 fully saturated rings. The van der Waals surface area contributed by atoms with Crippen LogP contribution in [0.4, 0.5) is 5.69 Å². The maximum Gasteiger partial charge on any atom is 0.290 e. The van der Waals surface area contributed by atoms with Crippen LogP contribution in [0.15, 0.2) is 15.3 Å². The van der Waals surface area contributed by atoms with Crippen LogP contribution in [0.25, 0.3) is 0 Å². The Bertz CT molecular complexity index is 579. The normalized spacial score (nSPS) is 19.8. The molecule has 2 N–H and O–H groups in total. The molecule has 0 radical (unpaired) electrons. The predicted molar refractivity (Wildman–Crippen MR) is 69.1 cm³/mol. The first-order chi connectivity index (χ1) is 7.87. The summed E-state index contributed by atoms with van der Waals surface area (Å²) >= 11 is 6.78. The van der Waals surface area contributed by atoms with Crippen molar-refractivity contribution in [2.75, 3.05) is 0 Å². The lowest BCUT2D eigenvalue weighted by atomic mass is 10.1. The summed E-state index contributed by atoms with van der Waals surface area (Å²) in [7, 11) is -3.69. The molecule has 0 bridgehead atoms. The van der Waals surface area contributed by atoms with Gasteiger partial charge in [-0.15, -0.1) is 11.3 Å². The molecule has 8 heteroatoms. The van der Waals surface area contributed by atoms with Crippen LogP contribution < -0.4 is 5.84 Å². The van der Waals surface area contributed by atoms with Gasteiger partial charge in [-0.05, 0) is 12.5 Å². The van der Waals surface area contributed by atoms with Gasteiger partial charge in [-0.25, -0.2) is 10.8 Å². The Hall–Kier alpha value is -0.630. The first-order valence-electron chi connectivity index (χ1n) is 5.06. The van der Waals surface area contributed by atoms with E-state index >= 15 is 0 Å². The number of rotatable bonds is 2. The Kier molecular flexibility index (Phi) is 3.19. The van der Waals surface area contributed by atoms with Gasteiger partial charge in [-0.1, -0.05) is 25.4 Å². The van der Waals surface area contributed by atoms with E-state index in [0.717, 1.165) is 22.2 Å². The van der Waals surface area contributed by atoms with Gasteiger partial charge >= 0.3 is 0 Å². The SMILES string of the molecule is CCC(C)C1=Nc2cc(Cl)sc2S(=O)(=O)N1N. The molecule has 94 valence electrons. The second kappa shape index (κ2) is 4.24. The highest BCUT2D eigenvalue weighted by molar-refractivity contribution is 7.92. The molecule has 0 saturated carbocycles. The summed E-state index contributed by atoms with van der Waals surface area (Å²) in [5, 5.41) is 0. The number of nitrogens with zero attached hydrogens (tertiary/aromatic N) is 2. The molecule has 1 aliphatic rings. The van der Waals surface area contributed by atoms with Crippen molar-refractivity contribution in [1.29, 1.82) is 0 Å². The second-order valence-corrected chi connectivity index (χ2v) is 7.50. The minimum atomic E-state index is -3.69. The lowest BCUT2D eigenvalue weighted by Crippen LogP contribution is -2.46. The van der Waals surface area contributed by atoms with Gasteiger partial charge in [0.15, 0.2) is 4.21 Å². The van der Waals surface area contributed by atoms with Crippen LogP contribution in [-0.2, 0) is 10.0 Å². The van der Waals surface area contributed by atoms with E-state index in [1.165, 1.54) is 0 Å². The van der Waals surface area contributed by atoms with Crippen LogP contribution in [0.2, 0.25) is 4.34 Å². The van der Waals surface area contributed by atoms with Crippen molar-refractivity contribution < 1.29 is 8.42 Å². The minimum absolute atomic E-state index is 0.0263. The highest BCUT2D eigenvalue weighted by Crippen LogP contribution is 2.41. The van der Waals surface area contributed by atoms with E-state index in [-0.39, 0.29) is 10.1 Å². The summed E-state index contributed by atoms with van der Waals surface area (Å²) < 4.78 is 25.5. The molecule has 0 spiro atoms. The van der Waals surface area contributed by atoms with Crippen molar-refractivity contribution in [2.45, 2.75) is 24.5 Å². The van der Waals surface area contributed by atoms with E-state index in [2.05, 4.69) is 4.99 Å². The molecule has 0 aromatic carbocycles. The first-order valence-corrected chi connectivity index (χ1v) is 7.69. The zero-order valence-electron chi connectivity index (χ0n) is 9.34. The standard InChI is InChI=1S/C9H12ClN3O2S2/c1-3-5(2)8-12-6-4-7(10)16-9(6)17(14,15)13(8)11/h4-5H,3,11H2,1-2H3. The van der Waals surface area contributed by atoms with Crippen molar-refractivity contribution in [3.63, 3.8) is 0 Å². The Balaban J connectivity index is 2.64. The zero-order valence-corrected chi connectivity index (χ0v) is 11.7. The molecular formula is C9H12ClN3O2S2. The summed E-state index contributed by atoms with van der Waals surface area (Å²) in [6.45, 7) is 3.83. The van der Waals surface area contributed by atoms with E-state index in [1.807, 2.05) is 13.8 Å². The zero-order chi connectivity index (χ0) is 12.8. The number of hydrogen-bond acceptors (Lipinski definition) is 5. The van der Waals surface area contributed by atoms with Crippen LogP contribution in [0.5, 0.6) is 0 Å². The monoisotopic (exact) mass is 293 g/mol. The van der Waals surface area contributed by atoms with E-state index < -0.39 is 10.0 Å². The van der Waals surface area contributed by atoms with E-state index in [4.69, 9.17) is 17.4 Å². The van der Waals surface area contributed by atoms with Crippen LogP contribution in [0.1, 0.15) is 20.3 Å². The minimum Gasteiger partial charge on any atom is -0.232 e. The predicted octanol–water partition coefficient (Wildman–Crippen LogP) is 2.36. The van der Waals surface area contributed by atoms with Crippen molar-refractivity contribution >= 4 is 44.5 Å². The number of sulfonamides is 1. The topological polar surface area (TPSA) is 75.8 Å². The summed E-state index contributed by atoms with van der Waals surface area (Å²) in [4.78, 5) is 4.28. The maximum absolute atomic E-state index is 12.1. The molecule has 1 aromatic rings. The Morgan fingerprint density at radius 1 is 1.65 bits per heavy atom. The van der Waals surface area contributed by atoms with Gasteiger partial charge in [0.05, 0.1) is 10.0 Å². The molecule has 0 aliphatic carbocycles. The lowest BCUT2D eigenvalue weighted by Gasteiger charge is -2.26. The summed E-state index contributed by atoms with van der Waals surface area (Å²) in [5.74, 6) is 5.97. The highest BCUT2D eigenvalue weighted by Gasteiger charge is 2.35. The molecule has 2 rings (SSSR count). The summed E-state index contributed by atoms with van der Waals surface area (Å²) in [6, 6.07) is 1.55. The van der Waals surface area contributed by atoms with Gasteiger partial charge in [0.2, 0.25) is 0 Å². The highest BCUT2D eigenvalue weighted by atomic mass is 35.5. The molecule has 0 saturated heterocycles. The van der Waals surface area contributed by atoms with Gasteiger partial charge in [0.1, 0.15) is 5.84 Å². The quantitative estimate of drug-likeness (QED) is 0.851. The average molecular weight is 294 g/mol. The number of halogens is 1. The van der Waals surface area contributed by atoms with Crippen molar-refractivity contribution in [3.05, 3.63) is 10.4 Å². The number of thiophene rings is 1. The number of nitrogens with two attached hydrogens (primary N) is 1. The fourth-order valence-electron chi connectivity index (χ4n) is 1.49. The van der Waals surface area contributed by atoms with Gasteiger partial charge in [0.25, 0.3) is 10.0 Å². The number of amidine groups is 1. The molecule has 2 heterocycles. The molecule has 1 aromatic heterocycles. The Labute approximate surface area is 109 Å². The number of fused-ring (bicyclic) bond motifs is 1. The number of hydrogen-bond donors (Lipinski definition) is 1. The third-order valence-electron chi connectivity index (χ3n) is 2.66. The van der Waals surface area contributed by atoms with Gasteiger partial charge in [-0.2, -0.15) is 12.8 Å². The van der Waals surface area contributed by atoms with Crippen LogP contribution in [0, 0.1) is 5.92 Å². The van der Waals surface area contributed by atoms with Crippen molar-refractivity contribution in [3.8, 4) is 0 Å². The van der Waals surface area contributed by atoms with Crippen molar-refractivity contribution in [2.24, 2.45) is 16.8 Å². The Morgan fingerprint density at radius 2 is 2.29 bits per heavy atom. The van der Waals surface area contributed by atoms with Crippen molar-refractivity contribution in [1.82, 2.24) is 4.41 Å².